The Hall–Kier alpha value is -0.940. The third-order valence-corrected chi connectivity index (χ3v) is 6.68. The molecule has 0 bridgehead atoms. The van der Waals surface area contributed by atoms with Crippen LogP contribution in [0.3, 0.4) is 0 Å². The van der Waals surface area contributed by atoms with Crippen LogP contribution in [-0.4, -0.2) is 73.1 Å². The molecule has 0 amide bonds. The van der Waals surface area contributed by atoms with Gasteiger partial charge in [-0.2, -0.15) is 0 Å². The second-order valence-corrected chi connectivity index (χ2v) is 9.10. The minimum atomic E-state index is -0.0738. The lowest BCUT2D eigenvalue weighted by atomic mass is 9.96. The van der Waals surface area contributed by atoms with Crippen LogP contribution in [0, 0.1) is 18.8 Å². The third-order valence-electron chi connectivity index (χ3n) is 5.86. The summed E-state index contributed by atoms with van der Waals surface area (Å²) in [6, 6.07) is 0. The topological polar surface area (TPSA) is 70.1 Å². The van der Waals surface area contributed by atoms with E-state index in [0.29, 0.717) is 19.1 Å². The van der Waals surface area contributed by atoms with E-state index in [1.807, 2.05) is 14.0 Å². The quantitative estimate of drug-likeness (QED) is 0.255. The summed E-state index contributed by atoms with van der Waals surface area (Å²) in [5, 5.41) is 6.89. The molecule has 1 aromatic rings. The molecule has 1 aromatic heterocycles. The van der Waals surface area contributed by atoms with Gasteiger partial charge in [-0.25, -0.2) is 4.98 Å². The number of aryl methyl sites for hydroxylation is 1. The van der Waals surface area contributed by atoms with Gasteiger partial charge in [0.2, 0.25) is 0 Å². The number of guanidine groups is 1. The van der Waals surface area contributed by atoms with E-state index in [4.69, 9.17) is 4.74 Å². The van der Waals surface area contributed by atoms with Gasteiger partial charge in [-0.15, -0.1) is 35.3 Å². The van der Waals surface area contributed by atoms with E-state index < -0.39 is 0 Å². The lowest BCUT2D eigenvalue weighted by Gasteiger charge is -2.35. The highest BCUT2D eigenvalue weighted by Gasteiger charge is 2.29. The Morgan fingerprint density at radius 2 is 2.10 bits per heavy atom. The van der Waals surface area contributed by atoms with Gasteiger partial charge in [-0.1, -0.05) is 0 Å². The number of thiazole rings is 1. The summed E-state index contributed by atoms with van der Waals surface area (Å²) >= 11 is 1.73. The summed E-state index contributed by atoms with van der Waals surface area (Å²) in [6.45, 7) is 10.2. The number of nitrogens with one attached hydrogen (secondary N) is 1. The van der Waals surface area contributed by atoms with Crippen molar-refractivity contribution in [3.05, 3.63) is 16.1 Å². The van der Waals surface area contributed by atoms with Crippen LogP contribution >= 0.6 is 35.3 Å². The highest BCUT2D eigenvalue weighted by Crippen LogP contribution is 2.21. The highest BCUT2D eigenvalue weighted by atomic mass is 127. The van der Waals surface area contributed by atoms with Crippen molar-refractivity contribution in [2.24, 2.45) is 16.8 Å². The maximum atomic E-state index is 12.1. The van der Waals surface area contributed by atoms with E-state index in [2.05, 4.69) is 37.4 Å². The number of aromatic nitrogens is 1. The molecule has 0 aromatic carbocycles. The Morgan fingerprint density at radius 3 is 2.73 bits per heavy atom. The van der Waals surface area contributed by atoms with Crippen molar-refractivity contribution >= 4 is 47.2 Å². The van der Waals surface area contributed by atoms with Gasteiger partial charge in [0, 0.05) is 38.6 Å². The first kappa shape index (κ1) is 25.3. The van der Waals surface area contributed by atoms with E-state index in [1.54, 1.807) is 11.3 Å². The van der Waals surface area contributed by atoms with Gasteiger partial charge in [0.1, 0.15) is 0 Å². The first-order chi connectivity index (χ1) is 14.1. The van der Waals surface area contributed by atoms with E-state index in [-0.39, 0.29) is 35.9 Å². The number of esters is 1. The number of carbonyl (C=O) groups excluding carboxylic acids is 1. The zero-order valence-electron chi connectivity index (χ0n) is 18.4. The average molecular weight is 550 g/mol. The Kier molecular flexibility index (Phi) is 10.8. The van der Waals surface area contributed by atoms with Crippen molar-refractivity contribution in [3.63, 3.8) is 0 Å². The molecule has 30 heavy (non-hydrogen) atoms. The fourth-order valence-electron chi connectivity index (χ4n) is 4.25. The molecule has 0 radical (unpaired) electrons. The Bertz CT molecular complexity index is 691. The number of halogens is 1. The van der Waals surface area contributed by atoms with Crippen molar-refractivity contribution in [3.8, 4) is 0 Å². The van der Waals surface area contributed by atoms with Gasteiger partial charge in [0.05, 0.1) is 23.2 Å². The predicted molar refractivity (Wildman–Crippen MR) is 133 cm³/mol. The maximum Gasteiger partial charge on any atom is 0.310 e. The van der Waals surface area contributed by atoms with Crippen LogP contribution in [0.15, 0.2) is 10.4 Å². The molecule has 9 heteroatoms. The molecule has 170 valence electrons. The van der Waals surface area contributed by atoms with E-state index in [1.165, 1.54) is 18.5 Å². The van der Waals surface area contributed by atoms with Gasteiger partial charge in [-0.3, -0.25) is 14.7 Å². The molecular weight excluding hydrogens is 513 g/mol. The third kappa shape index (κ3) is 7.33. The molecule has 1 atom stereocenters. The van der Waals surface area contributed by atoms with Gasteiger partial charge >= 0.3 is 5.97 Å². The minimum absolute atomic E-state index is 0. The number of aliphatic imine (C=N–C) groups is 1. The molecule has 0 saturated carbocycles. The second kappa shape index (κ2) is 12.8. The Labute approximate surface area is 201 Å². The van der Waals surface area contributed by atoms with Crippen molar-refractivity contribution < 1.29 is 9.53 Å². The number of likely N-dealkylation sites (tertiary alicyclic amines) is 2. The maximum absolute atomic E-state index is 12.1. The van der Waals surface area contributed by atoms with Crippen LogP contribution in [0.5, 0.6) is 0 Å². The van der Waals surface area contributed by atoms with Crippen LogP contribution in [-0.2, 0) is 16.1 Å². The first-order valence-corrected chi connectivity index (χ1v) is 11.7. The molecule has 2 aliphatic rings. The molecule has 2 aliphatic heterocycles. The van der Waals surface area contributed by atoms with Crippen molar-refractivity contribution in [1.82, 2.24) is 20.1 Å². The summed E-state index contributed by atoms with van der Waals surface area (Å²) in [7, 11) is 1.83. The highest BCUT2D eigenvalue weighted by molar-refractivity contribution is 14.0. The molecule has 3 rings (SSSR count). The molecule has 7 nitrogen and oxygen atoms in total. The van der Waals surface area contributed by atoms with Crippen LogP contribution in [0.1, 0.15) is 43.3 Å². The van der Waals surface area contributed by atoms with Gasteiger partial charge in [-0.05, 0) is 58.5 Å². The number of hydrogen-bond donors (Lipinski definition) is 1. The predicted octanol–water partition coefficient (Wildman–Crippen LogP) is 3.13. The Morgan fingerprint density at radius 1 is 1.33 bits per heavy atom. The van der Waals surface area contributed by atoms with Gasteiger partial charge in [0.15, 0.2) is 5.96 Å². The zero-order chi connectivity index (χ0) is 20.6. The fraction of sp³-hybridized carbons (Fsp3) is 0.762. The van der Waals surface area contributed by atoms with E-state index in [0.717, 1.165) is 56.5 Å². The zero-order valence-corrected chi connectivity index (χ0v) is 21.6. The van der Waals surface area contributed by atoms with Gasteiger partial charge < -0.3 is 15.0 Å². The Balaban J connectivity index is 0.00000320. The molecule has 2 fully saturated rings. The van der Waals surface area contributed by atoms with Crippen molar-refractivity contribution in [2.45, 2.75) is 46.1 Å². The monoisotopic (exact) mass is 549 g/mol. The summed E-state index contributed by atoms with van der Waals surface area (Å²) in [5.41, 5.74) is 1.20. The lowest BCUT2D eigenvalue weighted by Crippen LogP contribution is -2.49. The van der Waals surface area contributed by atoms with Crippen molar-refractivity contribution in [2.75, 3.05) is 46.4 Å². The number of carbonyl (C=O) groups is 1. The largest absolute Gasteiger partial charge is 0.466 e. The molecule has 0 aliphatic carbocycles. The summed E-state index contributed by atoms with van der Waals surface area (Å²) < 4.78 is 5.22. The molecule has 1 unspecified atom stereocenters. The van der Waals surface area contributed by atoms with Gasteiger partial charge in [0.25, 0.3) is 0 Å². The molecule has 3 heterocycles. The molecule has 0 spiro atoms. The first-order valence-electron chi connectivity index (χ1n) is 10.8. The normalized spacial score (nSPS) is 21.2. The molecular formula is C21H36IN5O2S. The molecule has 2 saturated heterocycles. The number of hydrogen-bond acceptors (Lipinski definition) is 6. The number of ether oxygens (including phenoxy) is 1. The summed E-state index contributed by atoms with van der Waals surface area (Å²) in [4.78, 5) is 25.9. The number of nitrogens with zero attached hydrogens (tertiary/aromatic N) is 4. The SMILES string of the molecule is CCOC(=O)C1CCCN(C(=NC)NCC2CCN(Cc3csc(C)n3)CC2)C1.I. The van der Waals surface area contributed by atoms with E-state index in [9.17, 15) is 4.79 Å². The van der Waals surface area contributed by atoms with Crippen LogP contribution < -0.4 is 5.32 Å². The summed E-state index contributed by atoms with van der Waals surface area (Å²) in [6.07, 6.45) is 4.29. The van der Waals surface area contributed by atoms with Crippen molar-refractivity contribution in [1.29, 1.82) is 0 Å². The van der Waals surface area contributed by atoms with Crippen LogP contribution in [0.2, 0.25) is 0 Å². The second-order valence-electron chi connectivity index (χ2n) is 8.04. The molecule has 1 N–H and O–H groups in total. The van der Waals surface area contributed by atoms with Crippen LogP contribution in [0.25, 0.3) is 0 Å². The lowest BCUT2D eigenvalue weighted by molar-refractivity contribution is -0.149. The minimum Gasteiger partial charge on any atom is -0.466 e. The average Bonchev–Trinajstić information content (AvgIpc) is 3.14. The summed E-state index contributed by atoms with van der Waals surface area (Å²) in [5.74, 6) is 1.46. The van der Waals surface area contributed by atoms with E-state index >= 15 is 0 Å². The number of rotatable bonds is 6. The number of piperidine rings is 2. The smallest absolute Gasteiger partial charge is 0.310 e. The standard InChI is InChI=1S/C21H35N5O2S.HI/c1-4-28-20(27)18-6-5-9-26(13-18)21(22-3)23-12-17-7-10-25(11-8-17)14-19-15-29-16(2)24-19;/h15,17-18H,4-14H2,1-3H3,(H,22,23);1H. The fourth-order valence-corrected chi connectivity index (χ4v) is 4.85. The van der Waals surface area contributed by atoms with Crippen LogP contribution in [0.4, 0.5) is 0 Å².